The first-order valence-corrected chi connectivity index (χ1v) is 5.72. The predicted octanol–water partition coefficient (Wildman–Crippen LogP) is 1.55. The van der Waals surface area contributed by atoms with Crippen LogP contribution in [0, 0.1) is 6.92 Å². The van der Waals surface area contributed by atoms with E-state index in [0.29, 0.717) is 18.1 Å². The normalized spacial score (nSPS) is 11.2. The molecule has 18 heavy (non-hydrogen) atoms. The van der Waals surface area contributed by atoms with Crippen LogP contribution in [0.15, 0.2) is 29.0 Å². The van der Waals surface area contributed by atoms with Crippen molar-refractivity contribution in [1.82, 2.24) is 19.7 Å². The summed E-state index contributed by atoms with van der Waals surface area (Å²) in [5.41, 5.74) is 8.40. The van der Waals surface area contributed by atoms with Gasteiger partial charge in [0.2, 0.25) is 5.89 Å². The first-order valence-electron chi connectivity index (χ1n) is 5.72. The van der Waals surface area contributed by atoms with Crippen molar-refractivity contribution in [2.24, 2.45) is 0 Å². The van der Waals surface area contributed by atoms with Crippen LogP contribution in [0.2, 0.25) is 0 Å². The molecule has 1 aromatic carbocycles. The summed E-state index contributed by atoms with van der Waals surface area (Å²) in [6.45, 7) is 2.56. The van der Waals surface area contributed by atoms with Gasteiger partial charge in [0.25, 0.3) is 0 Å². The van der Waals surface area contributed by atoms with Gasteiger partial charge in [0.1, 0.15) is 0 Å². The number of fused-ring (bicyclic) bond motifs is 1. The van der Waals surface area contributed by atoms with Gasteiger partial charge in [-0.2, -0.15) is 4.98 Å². The number of imidazole rings is 1. The fraction of sp³-hybridized carbons (Fsp3) is 0.250. The number of benzene rings is 1. The molecule has 6 nitrogen and oxygen atoms in total. The van der Waals surface area contributed by atoms with Crippen molar-refractivity contribution in [3.05, 3.63) is 36.2 Å². The van der Waals surface area contributed by atoms with E-state index in [-0.39, 0.29) is 0 Å². The molecule has 0 unspecified atom stereocenters. The minimum absolute atomic E-state index is 0.643. The number of anilines is 1. The number of nitrogens with two attached hydrogens (primary N) is 1. The maximum absolute atomic E-state index is 5.72. The standard InChI is InChI=1S/C12H13N5O/c1-8-15-12(18-16-8)4-5-17-7-14-10-6-9(13)2-3-11(10)17/h2-3,6-7H,4-5,13H2,1H3. The van der Waals surface area contributed by atoms with Crippen molar-refractivity contribution in [1.29, 1.82) is 0 Å². The van der Waals surface area contributed by atoms with E-state index in [9.17, 15) is 0 Å². The average Bonchev–Trinajstić information content (AvgIpc) is 2.92. The monoisotopic (exact) mass is 243 g/mol. The minimum Gasteiger partial charge on any atom is -0.399 e. The topological polar surface area (TPSA) is 82.8 Å². The van der Waals surface area contributed by atoms with E-state index >= 15 is 0 Å². The van der Waals surface area contributed by atoms with Crippen molar-refractivity contribution in [3.8, 4) is 0 Å². The van der Waals surface area contributed by atoms with Gasteiger partial charge in [-0.1, -0.05) is 5.16 Å². The molecule has 0 fully saturated rings. The second-order valence-corrected chi connectivity index (χ2v) is 4.17. The van der Waals surface area contributed by atoms with Gasteiger partial charge >= 0.3 is 0 Å². The molecule has 2 aromatic heterocycles. The molecule has 0 amide bonds. The van der Waals surface area contributed by atoms with Crippen molar-refractivity contribution < 1.29 is 4.52 Å². The molecule has 0 saturated carbocycles. The minimum atomic E-state index is 0.643. The Hall–Kier alpha value is -2.37. The quantitative estimate of drug-likeness (QED) is 0.706. The molecule has 0 aliphatic carbocycles. The number of aryl methyl sites for hydroxylation is 3. The summed E-state index contributed by atoms with van der Waals surface area (Å²) in [5, 5.41) is 3.76. The van der Waals surface area contributed by atoms with Gasteiger partial charge in [-0.15, -0.1) is 0 Å². The van der Waals surface area contributed by atoms with Gasteiger partial charge in [0, 0.05) is 18.7 Å². The van der Waals surface area contributed by atoms with E-state index in [4.69, 9.17) is 10.3 Å². The SMILES string of the molecule is Cc1noc(CCn2cnc3cc(N)ccc32)n1. The second-order valence-electron chi connectivity index (χ2n) is 4.17. The van der Waals surface area contributed by atoms with Crippen LogP contribution in [0.1, 0.15) is 11.7 Å². The van der Waals surface area contributed by atoms with Crippen LogP contribution < -0.4 is 5.73 Å². The zero-order chi connectivity index (χ0) is 12.5. The maximum atomic E-state index is 5.72. The molecule has 2 heterocycles. The number of nitrogen functional groups attached to an aromatic ring is 1. The Bertz CT molecular complexity index is 685. The van der Waals surface area contributed by atoms with E-state index in [1.54, 1.807) is 6.33 Å². The fourth-order valence-electron chi connectivity index (χ4n) is 1.92. The Kier molecular flexibility index (Phi) is 2.47. The number of aromatic nitrogens is 4. The highest BCUT2D eigenvalue weighted by Crippen LogP contribution is 2.16. The lowest BCUT2D eigenvalue weighted by Gasteiger charge is -2.01. The van der Waals surface area contributed by atoms with Crippen molar-refractivity contribution in [2.45, 2.75) is 19.9 Å². The Morgan fingerprint density at radius 2 is 2.28 bits per heavy atom. The smallest absolute Gasteiger partial charge is 0.228 e. The molecule has 0 saturated heterocycles. The Morgan fingerprint density at radius 3 is 3.06 bits per heavy atom. The molecular weight excluding hydrogens is 230 g/mol. The lowest BCUT2D eigenvalue weighted by molar-refractivity contribution is 0.369. The highest BCUT2D eigenvalue weighted by Gasteiger charge is 2.06. The van der Waals surface area contributed by atoms with Gasteiger partial charge < -0.3 is 14.8 Å². The molecule has 0 bridgehead atoms. The second kappa shape index (κ2) is 4.14. The molecule has 2 N–H and O–H groups in total. The van der Waals surface area contributed by atoms with E-state index in [2.05, 4.69) is 15.1 Å². The fourth-order valence-corrected chi connectivity index (χ4v) is 1.92. The summed E-state index contributed by atoms with van der Waals surface area (Å²) in [6, 6.07) is 5.71. The summed E-state index contributed by atoms with van der Waals surface area (Å²) in [7, 11) is 0. The van der Waals surface area contributed by atoms with Crippen molar-refractivity contribution >= 4 is 16.7 Å². The number of rotatable bonds is 3. The maximum Gasteiger partial charge on any atom is 0.228 e. The number of nitrogens with zero attached hydrogens (tertiary/aromatic N) is 4. The highest BCUT2D eigenvalue weighted by atomic mass is 16.5. The third kappa shape index (κ3) is 1.92. The Balaban J connectivity index is 1.82. The highest BCUT2D eigenvalue weighted by molar-refractivity contribution is 5.78. The first kappa shape index (κ1) is 10.8. The van der Waals surface area contributed by atoms with Crippen LogP contribution in [-0.2, 0) is 13.0 Å². The van der Waals surface area contributed by atoms with Crippen LogP contribution in [-0.4, -0.2) is 19.7 Å². The van der Waals surface area contributed by atoms with Crippen LogP contribution in [0.5, 0.6) is 0 Å². The van der Waals surface area contributed by atoms with Crippen LogP contribution in [0.3, 0.4) is 0 Å². The summed E-state index contributed by atoms with van der Waals surface area (Å²) >= 11 is 0. The molecule has 92 valence electrons. The molecule has 0 radical (unpaired) electrons. The molecule has 6 heteroatoms. The zero-order valence-corrected chi connectivity index (χ0v) is 10.00. The molecule has 0 aliphatic rings. The van der Waals surface area contributed by atoms with Gasteiger partial charge in [-0.3, -0.25) is 0 Å². The van der Waals surface area contributed by atoms with Gasteiger partial charge in [0.15, 0.2) is 5.82 Å². The van der Waals surface area contributed by atoms with Crippen LogP contribution in [0.25, 0.3) is 11.0 Å². The number of hydrogen-bond acceptors (Lipinski definition) is 5. The third-order valence-electron chi connectivity index (χ3n) is 2.78. The van der Waals surface area contributed by atoms with E-state index in [1.807, 2.05) is 29.7 Å². The summed E-state index contributed by atoms with van der Waals surface area (Å²) in [4.78, 5) is 8.49. The van der Waals surface area contributed by atoms with Crippen molar-refractivity contribution in [3.63, 3.8) is 0 Å². The van der Waals surface area contributed by atoms with Gasteiger partial charge in [-0.25, -0.2) is 4.98 Å². The number of hydrogen-bond donors (Lipinski definition) is 1. The zero-order valence-electron chi connectivity index (χ0n) is 10.00. The predicted molar refractivity (Wildman–Crippen MR) is 66.9 cm³/mol. The third-order valence-corrected chi connectivity index (χ3v) is 2.78. The molecule has 3 aromatic rings. The summed E-state index contributed by atoms with van der Waals surface area (Å²) in [6.07, 6.45) is 2.49. The van der Waals surface area contributed by atoms with E-state index in [0.717, 1.165) is 23.3 Å². The average molecular weight is 243 g/mol. The Morgan fingerprint density at radius 1 is 1.39 bits per heavy atom. The molecule has 0 aliphatic heterocycles. The largest absolute Gasteiger partial charge is 0.399 e. The first-order chi connectivity index (χ1) is 8.72. The lowest BCUT2D eigenvalue weighted by Crippen LogP contribution is -2.00. The van der Waals surface area contributed by atoms with Crippen LogP contribution >= 0.6 is 0 Å². The van der Waals surface area contributed by atoms with Gasteiger partial charge in [-0.05, 0) is 25.1 Å². The Labute approximate surface area is 103 Å². The molecule has 0 atom stereocenters. The van der Waals surface area contributed by atoms with Crippen molar-refractivity contribution in [2.75, 3.05) is 5.73 Å². The van der Waals surface area contributed by atoms with Crippen LogP contribution in [0.4, 0.5) is 5.69 Å². The summed E-state index contributed by atoms with van der Waals surface area (Å²) < 4.78 is 7.13. The van der Waals surface area contributed by atoms with E-state index < -0.39 is 0 Å². The molecular formula is C12H13N5O. The summed E-state index contributed by atoms with van der Waals surface area (Å²) in [5.74, 6) is 1.30. The molecule has 0 spiro atoms. The van der Waals surface area contributed by atoms with E-state index in [1.165, 1.54) is 0 Å². The van der Waals surface area contributed by atoms with Gasteiger partial charge in [0.05, 0.1) is 17.4 Å². The lowest BCUT2D eigenvalue weighted by atomic mass is 10.3. The molecule has 3 rings (SSSR count).